The van der Waals surface area contributed by atoms with E-state index in [9.17, 15) is 14.9 Å². The molecular weight excluding hydrogens is 298 g/mol. The maximum absolute atomic E-state index is 10.9. The average molecular weight is 309 g/mol. The lowest BCUT2D eigenvalue weighted by Gasteiger charge is -2.06. The van der Waals surface area contributed by atoms with E-state index in [-0.39, 0.29) is 22.9 Å². The SMILES string of the molecule is COc1ccc(OCc2ccc(C(=O)O)s2)cc1[N+](=O)[O-]. The fraction of sp³-hybridized carbons (Fsp3) is 0.154. The fourth-order valence-corrected chi connectivity index (χ4v) is 2.39. The van der Waals surface area contributed by atoms with Crippen LogP contribution in [0.2, 0.25) is 0 Å². The van der Waals surface area contributed by atoms with Crippen molar-refractivity contribution in [3.05, 3.63) is 50.2 Å². The molecule has 0 saturated carbocycles. The largest absolute Gasteiger partial charge is 0.490 e. The summed E-state index contributed by atoms with van der Waals surface area (Å²) in [4.78, 5) is 22.0. The Bertz CT molecular complexity index is 681. The molecule has 110 valence electrons. The zero-order valence-corrected chi connectivity index (χ0v) is 11.8. The maximum Gasteiger partial charge on any atom is 0.345 e. The number of ether oxygens (including phenoxy) is 2. The van der Waals surface area contributed by atoms with E-state index in [4.69, 9.17) is 14.6 Å². The van der Waals surface area contributed by atoms with Crippen LogP contribution in [0.25, 0.3) is 0 Å². The highest BCUT2D eigenvalue weighted by Crippen LogP contribution is 2.31. The summed E-state index contributed by atoms with van der Waals surface area (Å²) < 4.78 is 10.3. The number of carboxylic acids is 1. The topological polar surface area (TPSA) is 98.9 Å². The lowest BCUT2D eigenvalue weighted by Crippen LogP contribution is -1.97. The van der Waals surface area contributed by atoms with Crippen LogP contribution < -0.4 is 9.47 Å². The van der Waals surface area contributed by atoms with Gasteiger partial charge in [-0.25, -0.2) is 4.79 Å². The van der Waals surface area contributed by atoms with Gasteiger partial charge in [0.25, 0.3) is 0 Å². The van der Waals surface area contributed by atoms with Crippen LogP contribution in [0.1, 0.15) is 14.5 Å². The summed E-state index contributed by atoms with van der Waals surface area (Å²) in [7, 11) is 1.35. The molecule has 1 N–H and O–H groups in total. The Kier molecular flexibility index (Phi) is 4.39. The van der Waals surface area contributed by atoms with E-state index in [1.807, 2.05) is 0 Å². The Labute approximate surface area is 123 Å². The smallest absolute Gasteiger partial charge is 0.345 e. The number of carboxylic acid groups (broad SMARTS) is 1. The van der Waals surface area contributed by atoms with Gasteiger partial charge in [-0.1, -0.05) is 0 Å². The van der Waals surface area contributed by atoms with Gasteiger partial charge >= 0.3 is 11.7 Å². The van der Waals surface area contributed by atoms with E-state index in [2.05, 4.69) is 0 Å². The molecule has 0 aliphatic carbocycles. The van der Waals surface area contributed by atoms with Crippen molar-refractivity contribution in [3.63, 3.8) is 0 Å². The van der Waals surface area contributed by atoms with Crippen molar-refractivity contribution in [3.8, 4) is 11.5 Å². The molecule has 1 heterocycles. The predicted octanol–water partition coefficient (Wildman–Crippen LogP) is 2.94. The number of nitro benzene ring substituents is 1. The van der Waals surface area contributed by atoms with Crippen molar-refractivity contribution in [1.29, 1.82) is 0 Å². The molecule has 0 bridgehead atoms. The van der Waals surface area contributed by atoms with Crippen LogP contribution in [-0.2, 0) is 6.61 Å². The molecular formula is C13H11NO6S. The fourth-order valence-electron chi connectivity index (χ4n) is 1.63. The maximum atomic E-state index is 10.9. The molecule has 1 aromatic carbocycles. The number of hydrogen-bond acceptors (Lipinski definition) is 6. The van der Waals surface area contributed by atoms with Crippen LogP contribution in [0, 0.1) is 10.1 Å². The van der Waals surface area contributed by atoms with Gasteiger partial charge in [-0.3, -0.25) is 10.1 Å². The van der Waals surface area contributed by atoms with E-state index < -0.39 is 10.9 Å². The molecule has 0 unspecified atom stereocenters. The number of aromatic carboxylic acids is 1. The number of carbonyl (C=O) groups is 1. The van der Waals surface area contributed by atoms with Crippen LogP contribution in [-0.4, -0.2) is 23.1 Å². The summed E-state index contributed by atoms with van der Waals surface area (Å²) >= 11 is 1.10. The zero-order valence-electron chi connectivity index (χ0n) is 10.9. The Balaban J connectivity index is 2.10. The highest BCUT2D eigenvalue weighted by molar-refractivity contribution is 7.13. The van der Waals surface area contributed by atoms with Crippen LogP contribution in [0.5, 0.6) is 11.5 Å². The molecule has 0 aliphatic heterocycles. The van der Waals surface area contributed by atoms with Gasteiger partial charge in [-0.2, -0.15) is 0 Å². The van der Waals surface area contributed by atoms with Gasteiger partial charge < -0.3 is 14.6 Å². The summed E-state index contributed by atoms with van der Waals surface area (Å²) in [5, 5.41) is 19.7. The molecule has 0 radical (unpaired) electrons. The number of methoxy groups -OCH3 is 1. The lowest BCUT2D eigenvalue weighted by atomic mass is 10.3. The van der Waals surface area contributed by atoms with Gasteiger partial charge in [0.2, 0.25) is 0 Å². The van der Waals surface area contributed by atoms with Gasteiger partial charge in [-0.15, -0.1) is 11.3 Å². The Hall–Kier alpha value is -2.61. The molecule has 2 rings (SSSR count). The molecule has 0 spiro atoms. The van der Waals surface area contributed by atoms with Crippen molar-refractivity contribution in [2.75, 3.05) is 7.11 Å². The van der Waals surface area contributed by atoms with Gasteiger partial charge in [0.1, 0.15) is 17.2 Å². The number of thiophene rings is 1. The second kappa shape index (κ2) is 6.23. The van der Waals surface area contributed by atoms with Crippen molar-refractivity contribution < 1.29 is 24.3 Å². The van der Waals surface area contributed by atoms with E-state index in [0.29, 0.717) is 10.6 Å². The normalized spacial score (nSPS) is 10.1. The molecule has 21 heavy (non-hydrogen) atoms. The number of nitrogens with zero attached hydrogens (tertiary/aromatic N) is 1. The molecule has 0 atom stereocenters. The second-order valence-electron chi connectivity index (χ2n) is 3.95. The summed E-state index contributed by atoms with van der Waals surface area (Å²) in [5.41, 5.74) is -0.188. The number of benzene rings is 1. The highest BCUT2D eigenvalue weighted by Gasteiger charge is 2.16. The molecule has 2 aromatic rings. The summed E-state index contributed by atoms with van der Waals surface area (Å²) in [6.45, 7) is 0.140. The van der Waals surface area contributed by atoms with Gasteiger partial charge in [0.05, 0.1) is 18.1 Å². The third-order valence-corrected chi connectivity index (χ3v) is 3.65. The van der Waals surface area contributed by atoms with Crippen LogP contribution >= 0.6 is 11.3 Å². The first kappa shape index (κ1) is 14.8. The Morgan fingerprint density at radius 1 is 1.38 bits per heavy atom. The first-order chi connectivity index (χ1) is 10.0. The number of rotatable bonds is 6. The molecule has 7 nitrogen and oxygen atoms in total. The number of hydrogen-bond donors (Lipinski definition) is 1. The van der Waals surface area contributed by atoms with E-state index >= 15 is 0 Å². The summed E-state index contributed by atoms with van der Waals surface area (Å²) in [6, 6.07) is 7.40. The molecule has 1 aromatic heterocycles. The first-order valence-corrected chi connectivity index (χ1v) is 6.60. The Morgan fingerprint density at radius 2 is 2.14 bits per heavy atom. The van der Waals surface area contributed by atoms with Crippen molar-refractivity contribution >= 4 is 23.0 Å². The van der Waals surface area contributed by atoms with Crippen molar-refractivity contribution in [2.45, 2.75) is 6.61 Å². The van der Waals surface area contributed by atoms with Gasteiger partial charge in [0, 0.05) is 4.88 Å². The monoisotopic (exact) mass is 309 g/mol. The molecule has 0 aliphatic rings. The van der Waals surface area contributed by atoms with E-state index in [1.165, 1.54) is 25.3 Å². The lowest BCUT2D eigenvalue weighted by molar-refractivity contribution is -0.385. The molecule has 0 fully saturated rings. The zero-order chi connectivity index (χ0) is 15.4. The van der Waals surface area contributed by atoms with Crippen molar-refractivity contribution in [1.82, 2.24) is 0 Å². The van der Waals surface area contributed by atoms with E-state index in [0.717, 1.165) is 11.3 Å². The number of nitro groups is 1. The Morgan fingerprint density at radius 3 is 2.71 bits per heavy atom. The summed E-state index contributed by atoms with van der Waals surface area (Å²) in [6.07, 6.45) is 0. The quantitative estimate of drug-likeness (QED) is 0.650. The minimum Gasteiger partial charge on any atom is -0.490 e. The molecule has 0 amide bonds. The summed E-state index contributed by atoms with van der Waals surface area (Å²) in [5.74, 6) is -0.532. The van der Waals surface area contributed by atoms with Crippen molar-refractivity contribution in [2.24, 2.45) is 0 Å². The standard InChI is InChI=1S/C13H11NO6S/c1-19-11-4-2-8(6-10(11)14(17)18)20-7-9-3-5-12(21-9)13(15)16/h2-6H,7H2,1H3,(H,15,16). The van der Waals surface area contributed by atoms with E-state index in [1.54, 1.807) is 12.1 Å². The molecule has 8 heteroatoms. The first-order valence-electron chi connectivity index (χ1n) is 5.78. The minimum atomic E-state index is -0.994. The predicted molar refractivity (Wildman–Crippen MR) is 75.3 cm³/mol. The van der Waals surface area contributed by atoms with Crippen LogP contribution in [0.3, 0.4) is 0 Å². The van der Waals surface area contributed by atoms with Crippen LogP contribution in [0.15, 0.2) is 30.3 Å². The third-order valence-electron chi connectivity index (χ3n) is 2.60. The minimum absolute atomic E-state index is 0.140. The van der Waals surface area contributed by atoms with Gasteiger partial charge in [-0.05, 0) is 24.3 Å². The average Bonchev–Trinajstić information content (AvgIpc) is 2.94. The van der Waals surface area contributed by atoms with Crippen LogP contribution in [0.4, 0.5) is 5.69 Å². The third kappa shape index (κ3) is 3.48. The molecule has 0 saturated heterocycles. The highest BCUT2D eigenvalue weighted by atomic mass is 32.1. The van der Waals surface area contributed by atoms with Gasteiger partial charge in [0.15, 0.2) is 5.75 Å². The second-order valence-corrected chi connectivity index (χ2v) is 5.12.